The number of rotatable bonds is 7. The van der Waals surface area contributed by atoms with E-state index in [4.69, 9.17) is 5.73 Å². The quantitative estimate of drug-likeness (QED) is 0.168. The van der Waals surface area contributed by atoms with Crippen molar-refractivity contribution in [2.24, 2.45) is 0 Å². The molecule has 1 aromatic heterocycles. The Hall–Kier alpha value is -6.84. The van der Waals surface area contributed by atoms with Crippen molar-refractivity contribution in [1.82, 2.24) is 4.98 Å². The van der Waals surface area contributed by atoms with E-state index in [0.29, 0.717) is 0 Å². The normalized spacial score (nSPS) is 11.2. The Morgan fingerprint density at radius 3 is 1.65 bits per heavy atom. The lowest BCUT2D eigenvalue weighted by molar-refractivity contribution is 1.30. The Morgan fingerprint density at radius 2 is 0.941 bits per heavy atom. The third-order valence-corrected chi connectivity index (χ3v) is 9.77. The van der Waals surface area contributed by atoms with E-state index in [-0.39, 0.29) is 0 Å². The zero-order valence-corrected chi connectivity index (χ0v) is 28.0. The topological polar surface area (TPSA) is 45.0 Å². The minimum absolute atomic E-state index is 0.766. The lowest BCUT2D eigenvalue weighted by Gasteiger charge is -2.27. The first-order valence-corrected chi connectivity index (χ1v) is 17.3. The van der Waals surface area contributed by atoms with Crippen molar-refractivity contribution >= 4 is 44.6 Å². The fraction of sp³-hybridized carbons (Fsp3) is 0. The zero-order chi connectivity index (χ0) is 34.1. The van der Waals surface area contributed by atoms with Crippen molar-refractivity contribution in [2.75, 3.05) is 10.6 Å². The van der Waals surface area contributed by atoms with E-state index in [1.54, 1.807) is 0 Å². The van der Waals surface area contributed by atoms with E-state index in [2.05, 4.69) is 186 Å². The molecule has 51 heavy (non-hydrogen) atoms. The fourth-order valence-electron chi connectivity index (χ4n) is 7.29. The molecule has 0 aliphatic carbocycles. The van der Waals surface area contributed by atoms with Crippen molar-refractivity contribution in [3.63, 3.8) is 0 Å². The van der Waals surface area contributed by atoms with E-state index in [0.717, 1.165) is 56.0 Å². The molecule has 0 unspecified atom stereocenters. The number of fused-ring (bicyclic) bond motifs is 3. The van der Waals surface area contributed by atoms with Crippen molar-refractivity contribution in [3.05, 3.63) is 194 Å². The van der Waals surface area contributed by atoms with Gasteiger partial charge in [-0.3, -0.25) is 0 Å². The van der Waals surface area contributed by atoms with Crippen LogP contribution in [0.5, 0.6) is 0 Å². The predicted molar refractivity (Wildman–Crippen MR) is 217 cm³/mol. The number of anilines is 4. The van der Waals surface area contributed by atoms with Gasteiger partial charge in [0.2, 0.25) is 0 Å². The molecule has 0 fully saturated rings. The maximum Gasteiger partial charge on any atom is 0.0565 e. The van der Waals surface area contributed by atoms with Crippen LogP contribution in [0.25, 0.3) is 66.3 Å². The number of H-pyrrole nitrogens is 1. The standard InChI is InChI=1S/C48H35N3/c49-44-32-38(25-28-41(44)35-15-6-2-7-16-35)34-23-26-39(27-24-34)51(40-20-12-19-37(31-40)33-13-4-1-5-14-33)46-30-29-42(36-17-8-3-9-18-36)48-47(46)43-21-10-11-22-45(43)50-48/h1-32,50H,49H2. The van der Waals surface area contributed by atoms with Crippen molar-refractivity contribution in [3.8, 4) is 44.5 Å². The molecule has 3 nitrogen and oxygen atoms in total. The number of benzene rings is 8. The average Bonchev–Trinajstić information content (AvgIpc) is 3.59. The highest BCUT2D eigenvalue weighted by Gasteiger charge is 2.21. The van der Waals surface area contributed by atoms with Gasteiger partial charge in [0, 0.05) is 44.5 Å². The second-order valence-corrected chi connectivity index (χ2v) is 12.9. The molecule has 8 aromatic carbocycles. The Bertz CT molecular complexity index is 2620. The summed E-state index contributed by atoms with van der Waals surface area (Å²) in [5.41, 5.74) is 21.9. The molecule has 0 bridgehead atoms. The number of hydrogen-bond donors (Lipinski definition) is 2. The third kappa shape index (κ3) is 5.61. The number of nitrogen functional groups attached to an aromatic ring is 1. The van der Waals surface area contributed by atoms with Gasteiger partial charge in [-0.2, -0.15) is 0 Å². The van der Waals surface area contributed by atoms with Crippen LogP contribution in [-0.4, -0.2) is 4.98 Å². The van der Waals surface area contributed by atoms with E-state index in [1.807, 2.05) is 18.2 Å². The summed E-state index contributed by atoms with van der Waals surface area (Å²) in [5, 5.41) is 2.38. The molecule has 0 aliphatic rings. The van der Waals surface area contributed by atoms with Crippen LogP contribution in [-0.2, 0) is 0 Å². The fourth-order valence-corrected chi connectivity index (χ4v) is 7.29. The molecule has 0 spiro atoms. The van der Waals surface area contributed by atoms with E-state index in [9.17, 15) is 0 Å². The highest BCUT2D eigenvalue weighted by Crippen LogP contribution is 2.45. The highest BCUT2D eigenvalue weighted by atomic mass is 15.1. The van der Waals surface area contributed by atoms with Crippen LogP contribution in [0.1, 0.15) is 0 Å². The van der Waals surface area contributed by atoms with Crippen LogP contribution in [0.3, 0.4) is 0 Å². The number of hydrogen-bond acceptors (Lipinski definition) is 2. The largest absolute Gasteiger partial charge is 0.398 e. The first-order valence-electron chi connectivity index (χ1n) is 17.3. The number of aromatic amines is 1. The summed E-state index contributed by atoms with van der Waals surface area (Å²) in [7, 11) is 0. The van der Waals surface area contributed by atoms with Gasteiger partial charge in [0.25, 0.3) is 0 Å². The molecule has 1 heterocycles. The lowest BCUT2D eigenvalue weighted by Crippen LogP contribution is -2.10. The van der Waals surface area contributed by atoms with Crippen molar-refractivity contribution < 1.29 is 0 Å². The van der Waals surface area contributed by atoms with Gasteiger partial charge in [-0.05, 0) is 75.8 Å². The van der Waals surface area contributed by atoms with Crippen molar-refractivity contribution in [2.45, 2.75) is 0 Å². The SMILES string of the molecule is Nc1cc(-c2ccc(N(c3cccc(-c4ccccc4)c3)c3ccc(-c4ccccc4)c4[nH]c5ccccc5c34)cc2)ccc1-c1ccccc1. The molecule has 0 atom stereocenters. The van der Waals surface area contributed by atoms with Gasteiger partial charge >= 0.3 is 0 Å². The number of nitrogens with zero attached hydrogens (tertiary/aromatic N) is 1. The number of para-hydroxylation sites is 1. The van der Waals surface area contributed by atoms with Gasteiger partial charge in [0.05, 0.1) is 11.2 Å². The number of nitrogens with two attached hydrogens (primary N) is 1. The molecular weight excluding hydrogens is 619 g/mol. The van der Waals surface area contributed by atoms with E-state index >= 15 is 0 Å². The molecular formula is C48H35N3. The first-order chi connectivity index (χ1) is 25.2. The van der Waals surface area contributed by atoms with Crippen LogP contribution in [0.4, 0.5) is 22.7 Å². The Morgan fingerprint density at radius 1 is 0.392 bits per heavy atom. The highest BCUT2D eigenvalue weighted by molar-refractivity contribution is 6.18. The maximum absolute atomic E-state index is 6.61. The van der Waals surface area contributed by atoms with Gasteiger partial charge in [-0.25, -0.2) is 0 Å². The second kappa shape index (κ2) is 12.9. The van der Waals surface area contributed by atoms with Gasteiger partial charge in [-0.15, -0.1) is 0 Å². The second-order valence-electron chi connectivity index (χ2n) is 12.9. The molecule has 9 rings (SSSR count). The Kier molecular flexibility index (Phi) is 7.64. The van der Waals surface area contributed by atoms with Crippen molar-refractivity contribution in [1.29, 1.82) is 0 Å². The van der Waals surface area contributed by atoms with Crippen LogP contribution in [0.2, 0.25) is 0 Å². The molecule has 0 saturated carbocycles. The monoisotopic (exact) mass is 653 g/mol. The summed E-state index contributed by atoms with van der Waals surface area (Å²) in [6.45, 7) is 0. The maximum atomic E-state index is 6.61. The summed E-state index contributed by atoms with van der Waals surface area (Å²) in [6, 6.07) is 68.7. The summed E-state index contributed by atoms with van der Waals surface area (Å²) in [5.74, 6) is 0. The number of nitrogens with one attached hydrogen (secondary N) is 1. The molecule has 242 valence electrons. The lowest BCUT2D eigenvalue weighted by atomic mass is 9.97. The van der Waals surface area contributed by atoms with Gasteiger partial charge in [0.15, 0.2) is 0 Å². The molecule has 0 amide bonds. The summed E-state index contributed by atoms with van der Waals surface area (Å²) in [6.07, 6.45) is 0. The molecule has 0 radical (unpaired) electrons. The average molecular weight is 654 g/mol. The van der Waals surface area contributed by atoms with Crippen LogP contribution in [0, 0.1) is 0 Å². The number of aromatic nitrogens is 1. The van der Waals surface area contributed by atoms with Crippen LogP contribution < -0.4 is 10.6 Å². The minimum Gasteiger partial charge on any atom is -0.398 e. The van der Waals surface area contributed by atoms with Gasteiger partial charge in [-0.1, -0.05) is 152 Å². The smallest absolute Gasteiger partial charge is 0.0565 e. The van der Waals surface area contributed by atoms with Crippen LogP contribution >= 0.6 is 0 Å². The molecule has 3 heteroatoms. The Labute approximate surface area is 297 Å². The molecule has 9 aromatic rings. The third-order valence-electron chi connectivity index (χ3n) is 9.77. The Balaban J connectivity index is 1.21. The van der Waals surface area contributed by atoms with Gasteiger partial charge < -0.3 is 15.6 Å². The predicted octanol–water partition coefficient (Wildman–Crippen LogP) is 13.0. The molecule has 3 N–H and O–H groups in total. The van der Waals surface area contributed by atoms with E-state index < -0.39 is 0 Å². The van der Waals surface area contributed by atoms with Gasteiger partial charge in [0.1, 0.15) is 0 Å². The van der Waals surface area contributed by atoms with Crippen LogP contribution in [0.15, 0.2) is 194 Å². The summed E-state index contributed by atoms with van der Waals surface area (Å²) < 4.78 is 0. The zero-order valence-electron chi connectivity index (χ0n) is 28.0. The minimum atomic E-state index is 0.766. The molecule has 0 aliphatic heterocycles. The molecule has 0 saturated heterocycles. The summed E-state index contributed by atoms with van der Waals surface area (Å²) >= 11 is 0. The summed E-state index contributed by atoms with van der Waals surface area (Å²) in [4.78, 5) is 6.18. The first kappa shape index (κ1) is 30.2. The van der Waals surface area contributed by atoms with E-state index in [1.165, 1.54) is 33.0 Å².